The first-order chi connectivity index (χ1) is 6.68. The molecule has 0 aromatic heterocycles. The van der Waals surface area contributed by atoms with Crippen LogP contribution in [0, 0.1) is 0 Å². The Morgan fingerprint density at radius 1 is 1.36 bits per heavy atom. The van der Waals surface area contributed by atoms with Gasteiger partial charge in [-0.3, -0.25) is 4.79 Å². The second-order valence-corrected chi connectivity index (χ2v) is 3.09. The second-order valence-electron chi connectivity index (χ2n) is 3.09. The molecule has 0 unspecified atom stereocenters. The average molecular weight is 192 g/mol. The molecule has 0 radical (unpaired) electrons. The van der Waals surface area contributed by atoms with Crippen molar-refractivity contribution >= 4 is 11.8 Å². The third-order valence-corrected chi connectivity index (χ3v) is 2.15. The number of carbonyl (C=O) groups excluding carboxylic acids is 1. The Kier molecular flexibility index (Phi) is 2.05. The monoisotopic (exact) mass is 192 g/mol. The van der Waals surface area contributed by atoms with E-state index in [1.807, 2.05) is 0 Å². The number of hydrogen-bond donors (Lipinski definition) is 1. The van der Waals surface area contributed by atoms with Crippen molar-refractivity contribution < 1.29 is 19.4 Å². The van der Waals surface area contributed by atoms with Gasteiger partial charge in [0.05, 0.1) is 12.2 Å². The van der Waals surface area contributed by atoms with Crippen molar-refractivity contribution in [1.82, 2.24) is 0 Å². The maximum absolute atomic E-state index is 11.3. The van der Waals surface area contributed by atoms with Crippen molar-refractivity contribution in [2.75, 3.05) is 6.61 Å². The molecule has 0 atom stereocenters. The van der Waals surface area contributed by atoms with E-state index in [4.69, 9.17) is 9.84 Å². The molecule has 1 aromatic rings. The number of fused-ring (bicyclic) bond motifs is 1. The number of carboxylic acids is 1. The summed E-state index contributed by atoms with van der Waals surface area (Å²) in [5.41, 5.74) is 1.36. The predicted molar refractivity (Wildman–Crippen MR) is 47.4 cm³/mol. The minimum Gasteiger partial charge on any atom is -0.478 e. The summed E-state index contributed by atoms with van der Waals surface area (Å²) in [5.74, 6) is -1.18. The largest absolute Gasteiger partial charge is 0.478 e. The van der Waals surface area contributed by atoms with Crippen LogP contribution in [-0.2, 0) is 11.3 Å². The van der Waals surface area contributed by atoms with Crippen molar-refractivity contribution in [2.24, 2.45) is 0 Å². The number of ketones is 1. The molecule has 0 saturated carbocycles. The zero-order valence-corrected chi connectivity index (χ0v) is 7.32. The normalized spacial score (nSPS) is 15.0. The Morgan fingerprint density at radius 2 is 2.14 bits per heavy atom. The molecule has 0 bridgehead atoms. The first-order valence-electron chi connectivity index (χ1n) is 4.15. The van der Waals surface area contributed by atoms with Gasteiger partial charge in [0.2, 0.25) is 0 Å². The molecule has 0 amide bonds. The van der Waals surface area contributed by atoms with Crippen LogP contribution in [0.3, 0.4) is 0 Å². The van der Waals surface area contributed by atoms with Crippen molar-refractivity contribution in [3.8, 4) is 0 Å². The fourth-order valence-electron chi connectivity index (χ4n) is 1.43. The summed E-state index contributed by atoms with van der Waals surface area (Å²) in [4.78, 5) is 22.0. The van der Waals surface area contributed by atoms with Crippen LogP contribution in [0.25, 0.3) is 0 Å². The number of hydrogen-bond acceptors (Lipinski definition) is 3. The van der Waals surface area contributed by atoms with Crippen LogP contribution in [-0.4, -0.2) is 23.5 Å². The van der Waals surface area contributed by atoms with Gasteiger partial charge in [-0.1, -0.05) is 6.07 Å². The van der Waals surface area contributed by atoms with Crippen molar-refractivity contribution in [3.05, 3.63) is 34.9 Å². The summed E-state index contributed by atoms with van der Waals surface area (Å²) in [5, 5.41) is 8.73. The summed E-state index contributed by atoms with van der Waals surface area (Å²) in [6, 6.07) is 4.50. The lowest BCUT2D eigenvalue weighted by molar-refractivity contribution is 0.0664. The maximum Gasteiger partial charge on any atom is 0.335 e. The Hall–Kier alpha value is -1.68. The van der Waals surface area contributed by atoms with Crippen LogP contribution in [0.5, 0.6) is 0 Å². The van der Waals surface area contributed by atoms with Crippen molar-refractivity contribution in [3.63, 3.8) is 0 Å². The summed E-state index contributed by atoms with van der Waals surface area (Å²) in [6.45, 7) is 0.414. The zero-order chi connectivity index (χ0) is 10.1. The number of benzene rings is 1. The number of aromatic carboxylic acids is 1. The van der Waals surface area contributed by atoms with Crippen molar-refractivity contribution in [2.45, 2.75) is 6.61 Å². The molecule has 4 nitrogen and oxygen atoms in total. The number of carbonyl (C=O) groups is 2. The van der Waals surface area contributed by atoms with Gasteiger partial charge in [0, 0.05) is 5.56 Å². The fourth-order valence-corrected chi connectivity index (χ4v) is 1.43. The van der Waals surface area contributed by atoms with E-state index in [0.29, 0.717) is 12.2 Å². The third-order valence-electron chi connectivity index (χ3n) is 2.15. The molecule has 1 aliphatic rings. The Labute approximate surface area is 80.1 Å². The molecule has 2 rings (SSSR count). The van der Waals surface area contributed by atoms with Gasteiger partial charge >= 0.3 is 5.97 Å². The summed E-state index contributed by atoms with van der Waals surface area (Å²) < 4.78 is 5.01. The van der Waals surface area contributed by atoms with Gasteiger partial charge in [-0.15, -0.1) is 0 Å². The quantitative estimate of drug-likeness (QED) is 0.723. The third kappa shape index (κ3) is 1.40. The summed E-state index contributed by atoms with van der Waals surface area (Å²) >= 11 is 0. The van der Waals surface area contributed by atoms with Gasteiger partial charge in [-0.2, -0.15) is 0 Å². The predicted octanol–water partition coefficient (Wildman–Crippen LogP) is 1.10. The molecule has 72 valence electrons. The van der Waals surface area contributed by atoms with Gasteiger partial charge in [0.1, 0.15) is 6.61 Å². The zero-order valence-electron chi connectivity index (χ0n) is 7.32. The van der Waals surface area contributed by atoms with Gasteiger partial charge in [-0.25, -0.2) is 4.79 Å². The summed E-state index contributed by atoms with van der Waals surface area (Å²) in [7, 11) is 0. The highest BCUT2D eigenvalue weighted by molar-refractivity contribution is 6.01. The lowest BCUT2D eigenvalue weighted by Gasteiger charge is -2.15. The molecular formula is C10H8O4. The summed E-state index contributed by atoms with van der Waals surface area (Å²) in [6.07, 6.45) is 0. The van der Waals surface area contributed by atoms with Crippen LogP contribution in [0.15, 0.2) is 18.2 Å². The van der Waals surface area contributed by atoms with E-state index >= 15 is 0 Å². The standard InChI is InChI=1S/C10H8O4/c11-9-5-14-4-7-2-1-6(10(12)13)3-8(7)9/h1-3H,4-5H2,(H,12,13). The Balaban J connectivity index is 2.51. The smallest absolute Gasteiger partial charge is 0.335 e. The first-order valence-corrected chi connectivity index (χ1v) is 4.15. The van der Waals surface area contributed by atoms with E-state index in [1.165, 1.54) is 12.1 Å². The van der Waals surface area contributed by atoms with Crippen LogP contribution < -0.4 is 0 Å². The van der Waals surface area contributed by atoms with Gasteiger partial charge in [0.25, 0.3) is 0 Å². The molecule has 0 fully saturated rings. The number of ether oxygens (including phenoxy) is 1. The SMILES string of the molecule is O=C(O)c1ccc2c(c1)C(=O)COC2. The Bertz CT molecular complexity index is 409. The van der Waals surface area contributed by atoms with Gasteiger partial charge < -0.3 is 9.84 Å². The van der Waals surface area contributed by atoms with E-state index < -0.39 is 5.97 Å². The molecular weight excluding hydrogens is 184 g/mol. The number of rotatable bonds is 1. The van der Waals surface area contributed by atoms with E-state index in [-0.39, 0.29) is 18.0 Å². The fraction of sp³-hybridized carbons (Fsp3) is 0.200. The lowest BCUT2D eigenvalue weighted by Crippen LogP contribution is -2.18. The highest BCUT2D eigenvalue weighted by atomic mass is 16.5. The maximum atomic E-state index is 11.3. The van der Waals surface area contributed by atoms with Gasteiger partial charge in [-0.05, 0) is 17.7 Å². The molecule has 0 spiro atoms. The molecule has 1 heterocycles. The molecule has 0 saturated heterocycles. The number of Topliss-reactive ketones (excluding diaryl/α,β-unsaturated/α-hetero) is 1. The van der Waals surface area contributed by atoms with Crippen LogP contribution in [0.1, 0.15) is 26.3 Å². The van der Waals surface area contributed by atoms with Crippen molar-refractivity contribution in [1.29, 1.82) is 0 Å². The molecule has 1 aromatic carbocycles. The highest BCUT2D eigenvalue weighted by Gasteiger charge is 2.18. The van der Waals surface area contributed by atoms with E-state index in [2.05, 4.69) is 0 Å². The number of carboxylic acid groups (broad SMARTS) is 1. The van der Waals surface area contributed by atoms with E-state index in [1.54, 1.807) is 6.07 Å². The molecule has 4 heteroatoms. The average Bonchev–Trinajstić information content (AvgIpc) is 2.18. The molecule has 1 aliphatic heterocycles. The first kappa shape index (κ1) is 8.90. The van der Waals surface area contributed by atoms with Crippen LogP contribution in [0.4, 0.5) is 0 Å². The minimum atomic E-state index is -1.02. The minimum absolute atomic E-state index is 0.0378. The van der Waals surface area contributed by atoms with Gasteiger partial charge in [0.15, 0.2) is 5.78 Å². The van der Waals surface area contributed by atoms with Crippen LogP contribution in [0.2, 0.25) is 0 Å². The topological polar surface area (TPSA) is 63.6 Å². The Morgan fingerprint density at radius 3 is 2.86 bits per heavy atom. The lowest BCUT2D eigenvalue weighted by atomic mass is 9.99. The molecule has 1 N–H and O–H groups in total. The highest BCUT2D eigenvalue weighted by Crippen LogP contribution is 2.18. The van der Waals surface area contributed by atoms with E-state index in [0.717, 1.165) is 5.56 Å². The van der Waals surface area contributed by atoms with Crippen LogP contribution >= 0.6 is 0 Å². The molecule has 0 aliphatic carbocycles. The molecule has 14 heavy (non-hydrogen) atoms. The second kappa shape index (κ2) is 3.23. The van der Waals surface area contributed by atoms with E-state index in [9.17, 15) is 9.59 Å².